The van der Waals surface area contributed by atoms with Crippen molar-refractivity contribution in [3.8, 4) is 0 Å². The first-order chi connectivity index (χ1) is 7.43. The highest BCUT2D eigenvalue weighted by Gasteiger charge is 2.32. The Morgan fingerprint density at radius 3 is 2.44 bits per heavy atom. The third-order valence-corrected chi connectivity index (χ3v) is 3.07. The fourth-order valence-corrected chi connectivity index (χ4v) is 2.01. The Morgan fingerprint density at radius 2 is 2.00 bits per heavy atom. The van der Waals surface area contributed by atoms with E-state index in [1.54, 1.807) is 0 Å². The highest BCUT2D eigenvalue weighted by molar-refractivity contribution is 5.82. The molecule has 0 fully saturated rings. The molecule has 1 aromatic carbocycles. The summed E-state index contributed by atoms with van der Waals surface area (Å²) in [7, 11) is 1.43. The van der Waals surface area contributed by atoms with E-state index in [1.165, 1.54) is 12.7 Å². The monoisotopic (exact) mass is 220 g/mol. The van der Waals surface area contributed by atoms with E-state index >= 15 is 0 Å². The minimum atomic E-state index is -0.578. The van der Waals surface area contributed by atoms with Crippen molar-refractivity contribution in [3.05, 3.63) is 34.9 Å². The van der Waals surface area contributed by atoms with Gasteiger partial charge in [0.2, 0.25) is 0 Å². The molecule has 0 aliphatic carbocycles. The predicted octanol–water partition coefficient (Wildman–Crippen LogP) is 3.01. The van der Waals surface area contributed by atoms with E-state index in [9.17, 15) is 4.79 Å². The number of benzene rings is 1. The summed E-state index contributed by atoms with van der Waals surface area (Å²) in [6, 6.07) is 6.25. The Hall–Kier alpha value is -1.31. The second-order valence-electron chi connectivity index (χ2n) is 4.62. The lowest BCUT2D eigenvalue weighted by Crippen LogP contribution is -2.31. The summed E-state index contributed by atoms with van der Waals surface area (Å²) in [4.78, 5) is 11.7. The van der Waals surface area contributed by atoms with Crippen LogP contribution in [0.1, 0.15) is 37.5 Å². The van der Waals surface area contributed by atoms with Crippen molar-refractivity contribution >= 4 is 5.97 Å². The standard InChI is InChI=1S/C14H20O2/c1-6-11-7-8-12(10(2)9-11)14(3,4)13(15)16-5/h7-9H,6H2,1-5H3. The molecule has 0 aliphatic heterocycles. The summed E-state index contributed by atoms with van der Waals surface area (Å²) < 4.78 is 4.84. The van der Waals surface area contributed by atoms with Crippen LogP contribution in [0.2, 0.25) is 0 Å². The summed E-state index contributed by atoms with van der Waals surface area (Å²) >= 11 is 0. The maximum absolute atomic E-state index is 11.7. The molecule has 0 bridgehead atoms. The zero-order valence-electron chi connectivity index (χ0n) is 10.8. The lowest BCUT2D eigenvalue weighted by Gasteiger charge is -2.24. The van der Waals surface area contributed by atoms with Crippen molar-refractivity contribution in [1.29, 1.82) is 0 Å². The summed E-state index contributed by atoms with van der Waals surface area (Å²) in [6.45, 7) is 7.96. The van der Waals surface area contributed by atoms with Gasteiger partial charge in [-0.25, -0.2) is 0 Å². The van der Waals surface area contributed by atoms with Crippen LogP contribution >= 0.6 is 0 Å². The molecule has 0 aromatic heterocycles. The normalized spacial score (nSPS) is 11.3. The van der Waals surface area contributed by atoms with Crippen molar-refractivity contribution in [3.63, 3.8) is 0 Å². The van der Waals surface area contributed by atoms with Gasteiger partial charge in [0.25, 0.3) is 0 Å². The minimum Gasteiger partial charge on any atom is -0.468 e. The van der Waals surface area contributed by atoms with Crippen molar-refractivity contribution in [1.82, 2.24) is 0 Å². The van der Waals surface area contributed by atoms with Crippen molar-refractivity contribution < 1.29 is 9.53 Å². The summed E-state index contributed by atoms with van der Waals surface area (Å²) in [5, 5.41) is 0. The summed E-state index contributed by atoms with van der Waals surface area (Å²) in [6.07, 6.45) is 1.01. The molecule has 0 spiro atoms. The molecule has 0 unspecified atom stereocenters. The van der Waals surface area contributed by atoms with Crippen molar-refractivity contribution in [2.24, 2.45) is 0 Å². The zero-order chi connectivity index (χ0) is 12.3. The second-order valence-corrected chi connectivity index (χ2v) is 4.62. The molecule has 16 heavy (non-hydrogen) atoms. The largest absolute Gasteiger partial charge is 0.468 e. The van der Waals surface area contributed by atoms with Gasteiger partial charge in [-0.2, -0.15) is 0 Å². The minimum absolute atomic E-state index is 0.195. The first-order valence-electron chi connectivity index (χ1n) is 5.62. The molecule has 2 nitrogen and oxygen atoms in total. The number of carbonyl (C=O) groups is 1. The number of carbonyl (C=O) groups excluding carboxylic acids is 1. The van der Waals surface area contributed by atoms with E-state index in [2.05, 4.69) is 19.1 Å². The molecule has 2 heteroatoms. The van der Waals surface area contributed by atoms with E-state index in [4.69, 9.17) is 4.74 Å². The van der Waals surface area contributed by atoms with Crippen molar-refractivity contribution in [2.45, 2.75) is 39.5 Å². The molecular weight excluding hydrogens is 200 g/mol. The fourth-order valence-electron chi connectivity index (χ4n) is 2.01. The highest BCUT2D eigenvalue weighted by Crippen LogP contribution is 2.28. The van der Waals surface area contributed by atoms with Crippen LogP contribution in [0.15, 0.2) is 18.2 Å². The van der Waals surface area contributed by atoms with Crippen molar-refractivity contribution in [2.75, 3.05) is 7.11 Å². The Bertz CT molecular complexity index is 392. The number of hydrogen-bond acceptors (Lipinski definition) is 2. The lowest BCUT2D eigenvalue weighted by molar-refractivity contribution is -0.146. The first kappa shape index (κ1) is 12.8. The third kappa shape index (κ3) is 2.26. The van der Waals surface area contributed by atoms with E-state index in [1.807, 2.05) is 26.8 Å². The van der Waals surface area contributed by atoms with Crippen LogP contribution in [-0.2, 0) is 21.4 Å². The van der Waals surface area contributed by atoms with Gasteiger partial charge in [-0.3, -0.25) is 4.79 Å². The van der Waals surface area contributed by atoms with Gasteiger partial charge in [0, 0.05) is 0 Å². The third-order valence-electron chi connectivity index (χ3n) is 3.07. The molecule has 1 rings (SSSR count). The molecule has 0 saturated heterocycles. The fraction of sp³-hybridized carbons (Fsp3) is 0.500. The van der Waals surface area contributed by atoms with Crippen LogP contribution in [0, 0.1) is 6.92 Å². The summed E-state index contributed by atoms with van der Waals surface area (Å²) in [5.41, 5.74) is 2.90. The van der Waals surface area contributed by atoms with Gasteiger partial charge in [0.15, 0.2) is 0 Å². The molecule has 1 aromatic rings. The molecule has 0 heterocycles. The Morgan fingerprint density at radius 1 is 1.38 bits per heavy atom. The van der Waals surface area contributed by atoms with Crippen LogP contribution in [0.5, 0.6) is 0 Å². The topological polar surface area (TPSA) is 26.3 Å². The van der Waals surface area contributed by atoms with E-state index in [0.29, 0.717) is 0 Å². The van der Waals surface area contributed by atoms with Gasteiger partial charge in [0.1, 0.15) is 0 Å². The van der Waals surface area contributed by atoms with E-state index in [-0.39, 0.29) is 5.97 Å². The van der Waals surface area contributed by atoms with E-state index < -0.39 is 5.41 Å². The van der Waals surface area contributed by atoms with Crippen LogP contribution in [-0.4, -0.2) is 13.1 Å². The lowest BCUT2D eigenvalue weighted by atomic mass is 9.81. The summed E-state index contributed by atoms with van der Waals surface area (Å²) in [5.74, 6) is -0.195. The molecular formula is C14H20O2. The number of methoxy groups -OCH3 is 1. The molecule has 0 atom stereocenters. The molecule has 0 aliphatic rings. The average molecular weight is 220 g/mol. The average Bonchev–Trinajstić information content (AvgIpc) is 2.27. The van der Waals surface area contributed by atoms with Gasteiger partial charge in [-0.05, 0) is 43.9 Å². The van der Waals surface area contributed by atoms with E-state index in [0.717, 1.165) is 17.5 Å². The predicted molar refractivity (Wildman–Crippen MR) is 65.6 cm³/mol. The van der Waals surface area contributed by atoms with Gasteiger partial charge < -0.3 is 4.74 Å². The maximum Gasteiger partial charge on any atom is 0.315 e. The SMILES string of the molecule is CCc1ccc(C(C)(C)C(=O)OC)c(C)c1. The van der Waals surface area contributed by atoms with Crippen LogP contribution < -0.4 is 0 Å². The first-order valence-corrected chi connectivity index (χ1v) is 5.62. The van der Waals surface area contributed by atoms with Gasteiger partial charge in [0.05, 0.1) is 12.5 Å². The highest BCUT2D eigenvalue weighted by atomic mass is 16.5. The van der Waals surface area contributed by atoms with Gasteiger partial charge in [-0.15, -0.1) is 0 Å². The number of hydrogen-bond donors (Lipinski definition) is 0. The number of rotatable bonds is 3. The van der Waals surface area contributed by atoms with Crippen LogP contribution in [0.3, 0.4) is 0 Å². The Kier molecular flexibility index (Phi) is 3.74. The molecule has 0 radical (unpaired) electrons. The second kappa shape index (κ2) is 4.69. The Balaban J connectivity index is 3.18. The molecule has 0 N–H and O–H groups in total. The molecule has 0 amide bonds. The maximum atomic E-state index is 11.7. The van der Waals surface area contributed by atoms with Crippen LogP contribution in [0.4, 0.5) is 0 Å². The molecule has 0 saturated carbocycles. The van der Waals surface area contributed by atoms with Gasteiger partial charge >= 0.3 is 5.97 Å². The molecule has 88 valence electrons. The smallest absolute Gasteiger partial charge is 0.315 e. The quantitative estimate of drug-likeness (QED) is 0.732. The Labute approximate surface area is 97.6 Å². The zero-order valence-corrected chi connectivity index (χ0v) is 10.8. The number of esters is 1. The van der Waals surface area contributed by atoms with Crippen LogP contribution in [0.25, 0.3) is 0 Å². The number of aryl methyl sites for hydroxylation is 2. The van der Waals surface area contributed by atoms with Gasteiger partial charge in [-0.1, -0.05) is 25.1 Å². The number of ether oxygens (including phenoxy) is 1.